The molecule has 0 aromatic carbocycles. The lowest BCUT2D eigenvalue weighted by Crippen LogP contribution is -2.33. The topological polar surface area (TPSA) is 37.8 Å². The smallest absolute Gasteiger partial charge is 0.169 e. The second-order valence-corrected chi connectivity index (χ2v) is 5.96. The molecule has 1 aromatic rings. The first-order valence-electron chi connectivity index (χ1n) is 5.53. The summed E-state index contributed by atoms with van der Waals surface area (Å²) >= 11 is 3.33. The molecule has 1 aliphatic rings. The van der Waals surface area contributed by atoms with Crippen LogP contribution in [-0.2, 0) is 0 Å². The lowest BCUT2D eigenvalue weighted by atomic mass is 10.2. The highest BCUT2D eigenvalue weighted by atomic mass is 32.2. The van der Waals surface area contributed by atoms with Crippen LogP contribution in [0.15, 0.2) is 10.7 Å². The van der Waals surface area contributed by atoms with Crippen LogP contribution in [0.2, 0.25) is 0 Å². The van der Waals surface area contributed by atoms with Crippen LogP contribution < -0.4 is 5.32 Å². The number of hydrogen-bond donors (Lipinski definition) is 1. The molecule has 1 saturated carbocycles. The Morgan fingerprint density at radius 3 is 3.13 bits per heavy atom. The predicted octanol–water partition coefficient (Wildman–Crippen LogP) is 2.41. The van der Waals surface area contributed by atoms with E-state index in [-0.39, 0.29) is 0 Å². The summed E-state index contributed by atoms with van der Waals surface area (Å²) in [4.78, 5) is 4.19. The normalized spacial score (nSPS) is 17.9. The van der Waals surface area contributed by atoms with Gasteiger partial charge in [-0.1, -0.05) is 18.7 Å². The fourth-order valence-corrected chi connectivity index (χ4v) is 3.23. The quantitative estimate of drug-likeness (QED) is 0.746. The molecule has 1 fully saturated rings. The molecule has 3 nitrogen and oxygen atoms in total. The maximum atomic E-state index is 4.19. The fourth-order valence-electron chi connectivity index (χ4n) is 1.58. The van der Waals surface area contributed by atoms with E-state index in [4.69, 9.17) is 0 Å². The minimum Gasteiger partial charge on any atom is -0.313 e. The Morgan fingerprint density at radius 2 is 2.53 bits per heavy atom. The van der Waals surface area contributed by atoms with Gasteiger partial charge in [0.05, 0.1) is 0 Å². The van der Waals surface area contributed by atoms with Gasteiger partial charge < -0.3 is 5.32 Å². The van der Waals surface area contributed by atoms with Gasteiger partial charge in [-0.15, -0.1) is 0 Å². The monoisotopic (exact) mass is 243 g/mol. The lowest BCUT2D eigenvalue weighted by molar-refractivity contribution is 0.503. The predicted molar refractivity (Wildman–Crippen MR) is 65.4 cm³/mol. The average Bonchev–Trinajstić information content (AvgIpc) is 2.95. The molecule has 1 aromatic heterocycles. The van der Waals surface area contributed by atoms with Gasteiger partial charge in [0.25, 0.3) is 0 Å². The molecule has 0 aliphatic heterocycles. The van der Waals surface area contributed by atoms with Gasteiger partial charge in [-0.25, -0.2) is 4.98 Å². The minimum atomic E-state index is 0.679. The molecule has 1 heterocycles. The summed E-state index contributed by atoms with van der Waals surface area (Å²) in [5.41, 5.74) is 0. The highest BCUT2D eigenvalue weighted by Gasteiger charge is 2.30. The summed E-state index contributed by atoms with van der Waals surface area (Å²) in [6.07, 6.45) is 5.65. The molecule has 1 unspecified atom stereocenters. The Balaban J connectivity index is 1.74. The van der Waals surface area contributed by atoms with Gasteiger partial charge in [0.1, 0.15) is 6.33 Å². The van der Waals surface area contributed by atoms with Crippen molar-refractivity contribution in [3.63, 3.8) is 0 Å². The molecular weight excluding hydrogens is 226 g/mol. The first-order valence-corrected chi connectivity index (χ1v) is 7.29. The lowest BCUT2D eigenvalue weighted by Gasteiger charge is -2.16. The summed E-state index contributed by atoms with van der Waals surface area (Å²) < 4.78 is 5.11. The molecule has 0 saturated heterocycles. The maximum Gasteiger partial charge on any atom is 0.169 e. The largest absolute Gasteiger partial charge is 0.313 e. The third kappa shape index (κ3) is 3.74. The Hall–Kier alpha value is -0.130. The van der Waals surface area contributed by atoms with E-state index in [1.165, 1.54) is 30.8 Å². The van der Waals surface area contributed by atoms with Crippen LogP contribution >= 0.6 is 23.3 Å². The molecule has 15 heavy (non-hydrogen) atoms. The summed E-state index contributed by atoms with van der Waals surface area (Å²) in [7, 11) is 0. The van der Waals surface area contributed by atoms with Crippen molar-refractivity contribution in [2.24, 2.45) is 5.92 Å². The van der Waals surface area contributed by atoms with Crippen molar-refractivity contribution in [3.05, 3.63) is 6.33 Å². The number of nitrogens with one attached hydrogen (secondary N) is 1. The molecule has 1 N–H and O–H groups in total. The van der Waals surface area contributed by atoms with Crippen LogP contribution in [0.1, 0.15) is 26.2 Å². The fraction of sp³-hybridized carbons (Fsp3) is 0.800. The first-order chi connectivity index (χ1) is 7.40. The standard InChI is InChI=1S/C10H17N3S2/c1-2-5-11-9(8-3-4-8)6-14-10-12-7-13-15-10/h7-9,11H,2-6H2,1H3. The van der Waals surface area contributed by atoms with Crippen molar-refractivity contribution in [3.8, 4) is 0 Å². The maximum absolute atomic E-state index is 4.19. The van der Waals surface area contributed by atoms with Crippen LogP contribution in [0.5, 0.6) is 0 Å². The van der Waals surface area contributed by atoms with E-state index >= 15 is 0 Å². The zero-order valence-electron chi connectivity index (χ0n) is 8.98. The molecule has 84 valence electrons. The Labute approximate surface area is 99.2 Å². The third-order valence-electron chi connectivity index (χ3n) is 2.58. The number of nitrogens with zero attached hydrogens (tertiary/aromatic N) is 2. The van der Waals surface area contributed by atoms with Crippen LogP contribution in [0, 0.1) is 5.92 Å². The zero-order valence-corrected chi connectivity index (χ0v) is 10.6. The summed E-state index contributed by atoms with van der Waals surface area (Å²) in [6.45, 7) is 3.35. The van der Waals surface area contributed by atoms with Crippen molar-refractivity contribution in [1.29, 1.82) is 0 Å². The average molecular weight is 243 g/mol. The van der Waals surface area contributed by atoms with E-state index in [0.29, 0.717) is 6.04 Å². The van der Waals surface area contributed by atoms with E-state index in [9.17, 15) is 0 Å². The molecule has 1 atom stereocenters. The molecule has 0 radical (unpaired) electrons. The second kappa shape index (κ2) is 5.82. The Morgan fingerprint density at radius 1 is 1.67 bits per heavy atom. The molecular formula is C10H17N3S2. The van der Waals surface area contributed by atoms with Crippen LogP contribution in [0.4, 0.5) is 0 Å². The molecule has 0 spiro atoms. The zero-order chi connectivity index (χ0) is 10.5. The number of aromatic nitrogens is 2. The van der Waals surface area contributed by atoms with Crippen molar-refractivity contribution < 1.29 is 0 Å². The summed E-state index contributed by atoms with van der Waals surface area (Å²) in [5.74, 6) is 2.05. The number of rotatable bonds is 7. The van der Waals surface area contributed by atoms with E-state index in [2.05, 4.69) is 21.6 Å². The van der Waals surface area contributed by atoms with Gasteiger partial charge in [0.15, 0.2) is 4.34 Å². The van der Waals surface area contributed by atoms with Crippen molar-refractivity contribution in [2.75, 3.05) is 12.3 Å². The van der Waals surface area contributed by atoms with Crippen molar-refractivity contribution in [2.45, 2.75) is 36.6 Å². The highest BCUT2D eigenvalue weighted by molar-refractivity contribution is 8.00. The molecule has 1 aliphatic carbocycles. The minimum absolute atomic E-state index is 0.679. The van der Waals surface area contributed by atoms with E-state index in [1.807, 2.05) is 11.8 Å². The molecule has 2 rings (SSSR count). The summed E-state index contributed by atoms with van der Waals surface area (Å²) in [6, 6.07) is 0.679. The van der Waals surface area contributed by atoms with Crippen LogP contribution in [0.25, 0.3) is 0 Å². The first kappa shape index (κ1) is 11.4. The Bertz CT molecular complexity index is 272. The van der Waals surface area contributed by atoms with Gasteiger partial charge in [-0.2, -0.15) is 4.37 Å². The number of hydrogen-bond acceptors (Lipinski definition) is 5. The van der Waals surface area contributed by atoms with Gasteiger partial charge in [-0.3, -0.25) is 0 Å². The highest BCUT2D eigenvalue weighted by Crippen LogP contribution is 2.35. The summed E-state index contributed by atoms with van der Waals surface area (Å²) in [5, 5.41) is 3.63. The van der Waals surface area contributed by atoms with E-state index in [0.717, 1.165) is 22.6 Å². The van der Waals surface area contributed by atoms with Gasteiger partial charge >= 0.3 is 0 Å². The van der Waals surface area contributed by atoms with Crippen LogP contribution in [0.3, 0.4) is 0 Å². The third-order valence-corrected chi connectivity index (χ3v) is 4.49. The van der Waals surface area contributed by atoms with E-state index in [1.54, 1.807) is 6.33 Å². The van der Waals surface area contributed by atoms with Crippen LogP contribution in [-0.4, -0.2) is 27.7 Å². The van der Waals surface area contributed by atoms with E-state index < -0.39 is 0 Å². The SMILES string of the molecule is CCCNC(CSc1ncns1)C1CC1. The molecule has 5 heteroatoms. The molecule has 0 bridgehead atoms. The van der Waals surface area contributed by atoms with Gasteiger partial charge in [0.2, 0.25) is 0 Å². The van der Waals surface area contributed by atoms with Gasteiger partial charge in [-0.05, 0) is 43.3 Å². The second-order valence-electron chi connectivity index (χ2n) is 3.92. The van der Waals surface area contributed by atoms with Crippen molar-refractivity contribution in [1.82, 2.24) is 14.7 Å². The van der Waals surface area contributed by atoms with Gasteiger partial charge in [0, 0.05) is 11.8 Å². The molecule has 0 amide bonds. The number of thioether (sulfide) groups is 1. The Kier molecular flexibility index (Phi) is 4.41. The van der Waals surface area contributed by atoms with Crippen molar-refractivity contribution >= 4 is 23.3 Å².